The van der Waals surface area contributed by atoms with Crippen molar-refractivity contribution < 1.29 is 0 Å². The molecule has 0 aliphatic rings. The van der Waals surface area contributed by atoms with Crippen molar-refractivity contribution in [2.45, 2.75) is 13.5 Å². The lowest BCUT2D eigenvalue weighted by Gasteiger charge is -2.19. The van der Waals surface area contributed by atoms with Crippen LogP contribution < -0.4 is 4.90 Å². The summed E-state index contributed by atoms with van der Waals surface area (Å²) >= 11 is 1.77. The van der Waals surface area contributed by atoms with Crippen LogP contribution >= 0.6 is 11.3 Å². The van der Waals surface area contributed by atoms with Gasteiger partial charge in [-0.1, -0.05) is 0 Å². The summed E-state index contributed by atoms with van der Waals surface area (Å²) in [5.41, 5.74) is 3.02. The standard InChI is InChI=1S/C18H18N6S/c1-12-6-8-25-15(12)11-23(2)17-14-10-20-24(3)18(14)22-16(21-17)13-5-4-7-19-9-13/h4-10H,11H2,1-3H3. The van der Waals surface area contributed by atoms with Gasteiger partial charge in [-0.3, -0.25) is 9.67 Å². The number of pyridine rings is 1. The third-order valence-corrected chi connectivity index (χ3v) is 5.21. The Kier molecular flexibility index (Phi) is 3.93. The average molecular weight is 350 g/mol. The highest BCUT2D eigenvalue weighted by molar-refractivity contribution is 7.10. The van der Waals surface area contributed by atoms with Crippen molar-refractivity contribution in [1.82, 2.24) is 24.7 Å². The number of hydrogen-bond acceptors (Lipinski definition) is 6. The summed E-state index contributed by atoms with van der Waals surface area (Å²) in [7, 11) is 3.95. The Balaban J connectivity index is 1.83. The van der Waals surface area contributed by atoms with Crippen molar-refractivity contribution in [2.75, 3.05) is 11.9 Å². The van der Waals surface area contributed by atoms with Gasteiger partial charge < -0.3 is 4.90 Å². The number of nitrogens with zero attached hydrogens (tertiary/aromatic N) is 6. The van der Waals surface area contributed by atoms with Gasteiger partial charge in [0, 0.05) is 36.9 Å². The smallest absolute Gasteiger partial charge is 0.165 e. The van der Waals surface area contributed by atoms with Crippen molar-refractivity contribution in [1.29, 1.82) is 0 Å². The first-order valence-electron chi connectivity index (χ1n) is 7.97. The highest BCUT2D eigenvalue weighted by Gasteiger charge is 2.17. The second kappa shape index (κ2) is 6.25. The second-order valence-electron chi connectivity index (χ2n) is 6.00. The fourth-order valence-corrected chi connectivity index (χ4v) is 3.74. The molecule has 0 bridgehead atoms. The summed E-state index contributed by atoms with van der Waals surface area (Å²) in [6.07, 6.45) is 5.36. The number of aromatic nitrogens is 5. The van der Waals surface area contributed by atoms with E-state index in [4.69, 9.17) is 4.98 Å². The van der Waals surface area contributed by atoms with Gasteiger partial charge in [0.15, 0.2) is 11.5 Å². The first kappa shape index (κ1) is 15.7. The molecule has 0 atom stereocenters. The summed E-state index contributed by atoms with van der Waals surface area (Å²) in [5.74, 6) is 1.54. The fraction of sp³-hybridized carbons (Fsp3) is 0.222. The lowest BCUT2D eigenvalue weighted by molar-refractivity contribution is 0.785. The van der Waals surface area contributed by atoms with Crippen molar-refractivity contribution in [3.05, 3.63) is 52.6 Å². The molecule has 0 saturated carbocycles. The van der Waals surface area contributed by atoms with Crippen LogP contribution in [0, 0.1) is 6.92 Å². The average Bonchev–Trinajstić information content (AvgIpc) is 3.21. The second-order valence-corrected chi connectivity index (χ2v) is 7.00. The fourth-order valence-electron chi connectivity index (χ4n) is 2.78. The number of aryl methyl sites for hydroxylation is 2. The molecule has 4 heterocycles. The molecule has 6 nitrogen and oxygen atoms in total. The van der Waals surface area contributed by atoms with Crippen LogP contribution in [0.5, 0.6) is 0 Å². The zero-order valence-electron chi connectivity index (χ0n) is 14.3. The molecule has 0 unspecified atom stereocenters. The molecule has 0 spiro atoms. The van der Waals surface area contributed by atoms with Gasteiger partial charge >= 0.3 is 0 Å². The molecule has 7 heteroatoms. The number of fused-ring (bicyclic) bond motifs is 1. The van der Waals surface area contributed by atoms with Gasteiger partial charge in [0.1, 0.15) is 5.82 Å². The molecular weight excluding hydrogens is 332 g/mol. The molecule has 4 aromatic heterocycles. The van der Waals surface area contributed by atoms with Crippen LogP contribution in [0.3, 0.4) is 0 Å². The highest BCUT2D eigenvalue weighted by Crippen LogP contribution is 2.28. The maximum atomic E-state index is 4.82. The lowest BCUT2D eigenvalue weighted by Crippen LogP contribution is -2.18. The van der Waals surface area contributed by atoms with E-state index < -0.39 is 0 Å². The summed E-state index contributed by atoms with van der Waals surface area (Å²) < 4.78 is 1.78. The Morgan fingerprint density at radius 1 is 1.20 bits per heavy atom. The summed E-state index contributed by atoms with van der Waals surface area (Å²) in [4.78, 5) is 17.2. The zero-order valence-corrected chi connectivity index (χ0v) is 15.2. The normalized spacial score (nSPS) is 11.2. The molecular formula is C18H18N6S. The lowest BCUT2D eigenvalue weighted by atomic mass is 10.2. The predicted octanol–water partition coefficient (Wildman–Crippen LogP) is 3.43. The molecule has 126 valence electrons. The first-order valence-corrected chi connectivity index (χ1v) is 8.85. The van der Waals surface area contributed by atoms with Gasteiger partial charge in [-0.25, -0.2) is 9.97 Å². The van der Waals surface area contributed by atoms with Crippen LogP contribution in [-0.4, -0.2) is 31.8 Å². The molecule has 0 saturated heterocycles. The molecule has 25 heavy (non-hydrogen) atoms. The molecule has 4 rings (SSSR count). The van der Waals surface area contributed by atoms with E-state index >= 15 is 0 Å². The van der Waals surface area contributed by atoms with Crippen LogP contribution in [0.15, 0.2) is 42.2 Å². The third kappa shape index (κ3) is 2.87. The molecule has 0 N–H and O–H groups in total. The maximum Gasteiger partial charge on any atom is 0.165 e. The van der Waals surface area contributed by atoms with Crippen LogP contribution in [0.4, 0.5) is 5.82 Å². The van der Waals surface area contributed by atoms with E-state index in [1.807, 2.05) is 25.4 Å². The van der Waals surface area contributed by atoms with E-state index in [9.17, 15) is 0 Å². The quantitative estimate of drug-likeness (QED) is 0.564. The van der Waals surface area contributed by atoms with Crippen molar-refractivity contribution in [2.24, 2.45) is 7.05 Å². The number of thiophene rings is 1. The van der Waals surface area contributed by atoms with Gasteiger partial charge in [0.05, 0.1) is 18.1 Å². The minimum absolute atomic E-state index is 0.661. The molecule has 0 radical (unpaired) electrons. The molecule has 0 aromatic carbocycles. The van der Waals surface area contributed by atoms with Gasteiger partial charge in [-0.05, 0) is 36.1 Å². The SMILES string of the molecule is Cc1ccsc1CN(C)c1nc(-c2cccnc2)nc2c1cnn2C. The topological polar surface area (TPSA) is 59.7 Å². The van der Waals surface area contributed by atoms with Gasteiger partial charge in [-0.2, -0.15) is 5.10 Å². The molecule has 4 aromatic rings. The number of rotatable bonds is 4. The van der Waals surface area contributed by atoms with E-state index in [0.29, 0.717) is 5.82 Å². The van der Waals surface area contributed by atoms with Crippen LogP contribution in [0.25, 0.3) is 22.4 Å². The minimum atomic E-state index is 0.661. The van der Waals surface area contributed by atoms with Crippen LogP contribution in [0.1, 0.15) is 10.4 Å². The minimum Gasteiger partial charge on any atom is -0.354 e. The Bertz CT molecular complexity index is 1020. The van der Waals surface area contributed by atoms with Crippen LogP contribution in [0.2, 0.25) is 0 Å². The number of anilines is 1. The highest BCUT2D eigenvalue weighted by atomic mass is 32.1. The molecule has 0 amide bonds. The summed E-state index contributed by atoms with van der Waals surface area (Å²) in [5, 5.41) is 7.44. The van der Waals surface area contributed by atoms with E-state index in [2.05, 4.69) is 45.4 Å². The summed E-state index contributed by atoms with van der Waals surface area (Å²) in [6.45, 7) is 2.94. The Morgan fingerprint density at radius 3 is 2.80 bits per heavy atom. The first-order chi connectivity index (χ1) is 12.1. The maximum absolute atomic E-state index is 4.82. The molecule has 0 fully saturated rings. The van der Waals surface area contributed by atoms with Crippen molar-refractivity contribution in [3.63, 3.8) is 0 Å². The monoisotopic (exact) mass is 350 g/mol. The largest absolute Gasteiger partial charge is 0.354 e. The zero-order chi connectivity index (χ0) is 17.4. The summed E-state index contributed by atoms with van der Waals surface area (Å²) in [6, 6.07) is 6.01. The van der Waals surface area contributed by atoms with Crippen LogP contribution in [-0.2, 0) is 13.6 Å². The van der Waals surface area contributed by atoms with Crippen molar-refractivity contribution in [3.8, 4) is 11.4 Å². The Labute approximate surface area is 149 Å². The molecule has 0 aliphatic carbocycles. The molecule has 0 aliphatic heterocycles. The van der Waals surface area contributed by atoms with Gasteiger partial charge in [-0.15, -0.1) is 11.3 Å². The van der Waals surface area contributed by atoms with Crippen molar-refractivity contribution >= 4 is 28.2 Å². The predicted molar refractivity (Wildman–Crippen MR) is 101 cm³/mol. The third-order valence-electron chi connectivity index (χ3n) is 4.20. The van der Waals surface area contributed by atoms with Gasteiger partial charge in [0.25, 0.3) is 0 Å². The Hall–Kier alpha value is -2.80. The van der Waals surface area contributed by atoms with E-state index in [-0.39, 0.29) is 0 Å². The van der Waals surface area contributed by atoms with E-state index in [0.717, 1.165) is 29.0 Å². The number of hydrogen-bond donors (Lipinski definition) is 0. The Morgan fingerprint density at radius 2 is 2.08 bits per heavy atom. The van der Waals surface area contributed by atoms with E-state index in [1.54, 1.807) is 28.4 Å². The van der Waals surface area contributed by atoms with E-state index in [1.165, 1.54) is 10.4 Å². The van der Waals surface area contributed by atoms with Gasteiger partial charge in [0.2, 0.25) is 0 Å².